The monoisotopic (exact) mass is 233 g/mol. The molecule has 1 aliphatic rings. The molecule has 0 radical (unpaired) electrons. The quantitative estimate of drug-likeness (QED) is 0.853. The predicted octanol–water partition coefficient (Wildman–Crippen LogP) is 3.82. The summed E-state index contributed by atoms with van der Waals surface area (Å²) in [5, 5.41) is 3.70. The van der Waals surface area contributed by atoms with Crippen LogP contribution in [-0.2, 0) is 11.3 Å². The van der Waals surface area contributed by atoms with E-state index in [2.05, 4.69) is 43.4 Å². The number of hydrogen-bond donors (Lipinski definition) is 1. The van der Waals surface area contributed by atoms with Crippen LogP contribution in [0.4, 0.5) is 5.69 Å². The van der Waals surface area contributed by atoms with E-state index in [0.717, 1.165) is 0 Å². The molecule has 1 aromatic carbocycles. The van der Waals surface area contributed by atoms with Gasteiger partial charge in [-0.1, -0.05) is 38.5 Å². The second-order valence-electron chi connectivity index (χ2n) is 5.67. The predicted molar refractivity (Wildman–Crippen MR) is 72.2 cm³/mol. The van der Waals surface area contributed by atoms with Crippen LogP contribution in [0.25, 0.3) is 0 Å². The van der Waals surface area contributed by atoms with E-state index < -0.39 is 0 Å². The molecule has 1 atom stereocenters. The fourth-order valence-electron chi connectivity index (χ4n) is 2.72. The van der Waals surface area contributed by atoms with Gasteiger partial charge in [0, 0.05) is 24.4 Å². The maximum absolute atomic E-state index is 5.24. The van der Waals surface area contributed by atoms with E-state index in [-0.39, 0.29) is 0 Å². The lowest BCUT2D eigenvalue weighted by Crippen LogP contribution is -2.31. The average molecular weight is 233 g/mol. The molecule has 0 amide bonds. The summed E-state index contributed by atoms with van der Waals surface area (Å²) < 4.78 is 5.24. The van der Waals surface area contributed by atoms with Crippen molar-refractivity contribution in [3.8, 4) is 0 Å². The van der Waals surface area contributed by atoms with Crippen molar-refractivity contribution in [3.63, 3.8) is 0 Å². The Labute approximate surface area is 104 Å². The van der Waals surface area contributed by atoms with Gasteiger partial charge >= 0.3 is 0 Å². The van der Waals surface area contributed by atoms with Crippen molar-refractivity contribution in [1.82, 2.24) is 0 Å². The van der Waals surface area contributed by atoms with Gasteiger partial charge < -0.3 is 10.1 Å². The number of anilines is 1. The molecule has 2 heteroatoms. The van der Waals surface area contributed by atoms with Crippen molar-refractivity contribution in [1.29, 1.82) is 0 Å². The maximum atomic E-state index is 5.24. The molecule has 0 heterocycles. The second-order valence-corrected chi connectivity index (χ2v) is 5.67. The van der Waals surface area contributed by atoms with Gasteiger partial charge in [-0.2, -0.15) is 0 Å². The van der Waals surface area contributed by atoms with Crippen LogP contribution in [-0.4, -0.2) is 13.2 Å². The van der Waals surface area contributed by atoms with Crippen LogP contribution < -0.4 is 5.32 Å². The standard InChI is InChI=1S/C15H23NO/c1-15(2)10-6-9-14(15)16-13-8-5-4-7-12(13)11-17-3/h4-5,7-8,14,16H,6,9-11H2,1-3H3. The van der Waals surface area contributed by atoms with E-state index in [4.69, 9.17) is 4.74 Å². The summed E-state index contributed by atoms with van der Waals surface area (Å²) in [4.78, 5) is 0. The average Bonchev–Trinajstić information content (AvgIpc) is 2.61. The summed E-state index contributed by atoms with van der Waals surface area (Å²) >= 11 is 0. The van der Waals surface area contributed by atoms with Crippen molar-refractivity contribution < 1.29 is 4.74 Å². The summed E-state index contributed by atoms with van der Waals surface area (Å²) in [5.41, 5.74) is 2.88. The highest BCUT2D eigenvalue weighted by Crippen LogP contribution is 2.39. The first kappa shape index (κ1) is 12.4. The normalized spacial score (nSPS) is 22.6. The molecule has 17 heavy (non-hydrogen) atoms. The summed E-state index contributed by atoms with van der Waals surface area (Å²) in [6.45, 7) is 5.39. The highest BCUT2D eigenvalue weighted by atomic mass is 16.5. The van der Waals surface area contributed by atoms with Gasteiger partial charge in [-0.15, -0.1) is 0 Å². The molecule has 0 bridgehead atoms. The van der Waals surface area contributed by atoms with Crippen LogP contribution in [0.15, 0.2) is 24.3 Å². The Hall–Kier alpha value is -1.02. The van der Waals surface area contributed by atoms with E-state index in [9.17, 15) is 0 Å². The number of benzene rings is 1. The second kappa shape index (κ2) is 5.09. The molecule has 1 fully saturated rings. The highest BCUT2D eigenvalue weighted by Gasteiger charge is 2.34. The number of ether oxygens (including phenoxy) is 1. The maximum Gasteiger partial charge on any atom is 0.0733 e. The van der Waals surface area contributed by atoms with Gasteiger partial charge in [0.05, 0.1) is 6.61 Å². The van der Waals surface area contributed by atoms with E-state index in [0.29, 0.717) is 18.1 Å². The molecule has 94 valence electrons. The molecule has 1 unspecified atom stereocenters. The van der Waals surface area contributed by atoms with Crippen LogP contribution in [0.1, 0.15) is 38.7 Å². The topological polar surface area (TPSA) is 21.3 Å². The molecule has 0 spiro atoms. The number of rotatable bonds is 4. The lowest BCUT2D eigenvalue weighted by Gasteiger charge is -2.29. The lowest BCUT2D eigenvalue weighted by molar-refractivity contribution is 0.185. The Kier molecular flexibility index (Phi) is 3.72. The third-order valence-electron chi connectivity index (χ3n) is 3.90. The van der Waals surface area contributed by atoms with Crippen LogP contribution in [0.3, 0.4) is 0 Å². The zero-order valence-electron chi connectivity index (χ0n) is 11.1. The molecule has 1 aromatic rings. The van der Waals surface area contributed by atoms with Gasteiger partial charge in [0.1, 0.15) is 0 Å². The first-order valence-corrected chi connectivity index (χ1v) is 6.47. The molecule has 1 saturated carbocycles. The number of hydrogen-bond acceptors (Lipinski definition) is 2. The molecule has 0 aromatic heterocycles. The van der Waals surface area contributed by atoms with Gasteiger partial charge in [-0.3, -0.25) is 0 Å². The van der Waals surface area contributed by atoms with Crippen LogP contribution >= 0.6 is 0 Å². The Morgan fingerprint density at radius 2 is 2.12 bits per heavy atom. The third-order valence-corrected chi connectivity index (χ3v) is 3.90. The van der Waals surface area contributed by atoms with E-state index in [1.807, 2.05) is 0 Å². The van der Waals surface area contributed by atoms with E-state index >= 15 is 0 Å². The summed E-state index contributed by atoms with van der Waals surface area (Å²) in [7, 11) is 1.75. The zero-order valence-corrected chi connectivity index (χ0v) is 11.1. The van der Waals surface area contributed by atoms with Crippen molar-refractivity contribution in [2.45, 2.75) is 45.8 Å². The van der Waals surface area contributed by atoms with Gasteiger partial charge in [-0.25, -0.2) is 0 Å². The Morgan fingerprint density at radius 3 is 2.76 bits per heavy atom. The first-order chi connectivity index (χ1) is 8.13. The molecule has 0 aliphatic heterocycles. The van der Waals surface area contributed by atoms with Gasteiger partial charge in [0.15, 0.2) is 0 Å². The smallest absolute Gasteiger partial charge is 0.0733 e. The molecular weight excluding hydrogens is 210 g/mol. The minimum atomic E-state index is 0.403. The SMILES string of the molecule is COCc1ccccc1NC1CCCC1(C)C. The van der Waals surface area contributed by atoms with Gasteiger partial charge in [-0.05, 0) is 24.3 Å². The van der Waals surface area contributed by atoms with Gasteiger partial charge in [0.2, 0.25) is 0 Å². The fraction of sp³-hybridized carbons (Fsp3) is 0.600. The van der Waals surface area contributed by atoms with Crippen molar-refractivity contribution in [2.24, 2.45) is 5.41 Å². The van der Waals surface area contributed by atoms with Crippen molar-refractivity contribution in [3.05, 3.63) is 29.8 Å². The van der Waals surface area contributed by atoms with Gasteiger partial charge in [0.25, 0.3) is 0 Å². The number of methoxy groups -OCH3 is 1. The first-order valence-electron chi connectivity index (χ1n) is 6.47. The minimum absolute atomic E-state index is 0.403. The summed E-state index contributed by atoms with van der Waals surface area (Å²) in [6.07, 6.45) is 3.92. The van der Waals surface area contributed by atoms with Crippen LogP contribution in [0, 0.1) is 5.41 Å². The third kappa shape index (κ3) is 2.81. The Balaban J connectivity index is 2.12. The van der Waals surface area contributed by atoms with Crippen molar-refractivity contribution in [2.75, 3.05) is 12.4 Å². The highest BCUT2D eigenvalue weighted by molar-refractivity contribution is 5.52. The fourth-order valence-corrected chi connectivity index (χ4v) is 2.72. The lowest BCUT2D eigenvalue weighted by atomic mass is 9.87. The van der Waals surface area contributed by atoms with Crippen LogP contribution in [0.5, 0.6) is 0 Å². The Bertz CT molecular complexity index is 373. The minimum Gasteiger partial charge on any atom is -0.381 e. The number of para-hydroxylation sites is 1. The van der Waals surface area contributed by atoms with Crippen LogP contribution in [0.2, 0.25) is 0 Å². The molecule has 0 saturated heterocycles. The van der Waals surface area contributed by atoms with E-state index in [1.54, 1.807) is 7.11 Å². The molecular formula is C15H23NO. The van der Waals surface area contributed by atoms with Crippen molar-refractivity contribution >= 4 is 5.69 Å². The largest absolute Gasteiger partial charge is 0.381 e. The summed E-state index contributed by atoms with van der Waals surface area (Å²) in [6, 6.07) is 9.03. The van der Waals surface area contributed by atoms with E-state index in [1.165, 1.54) is 30.5 Å². The zero-order chi connectivity index (χ0) is 12.3. The Morgan fingerprint density at radius 1 is 1.35 bits per heavy atom. The molecule has 1 N–H and O–H groups in total. The number of nitrogens with one attached hydrogen (secondary N) is 1. The summed E-state index contributed by atoms with van der Waals surface area (Å²) in [5.74, 6) is 0. The molecule has 2 rings (SSSR count). The molecule has 2 nitrogen and oxygen atoms in total. The molecule has 1 aliphatic carbocycles.